The summed E-state index contributed by atoms with van der Waals surface area (Å²) >= 11 is 1.62. The molecule has 1 amide bonds. The van der Waals surface area contributed by atoms with Gasteiger partial charge in [0, 0.05) is 43.2 Å². The number of thiophene rings is 1. The second-order valence-corrected chi connectivity index (χ2v) is 5.90. The van der Waals surface area contributed by atoms with Crippen molar-refractivity contribution in [2.45, 2.75) is 19.4 Å². The van der Waals surface area contributed by atoms with Gasteiger partial charge >= 0.3 is 0 Å². The minimum Gasteiger partial charge on any atom is -0.337 e. The van der Waals surface area contributed by atoms with Gasteiger partial charge < -0.3 is 4.90 Å². The molecular formula is C15H19N3OS. The van der Waals surface area contributed by atoms with Crippen LogP contribution in [0.15, 0.2) is 23.6 Å². The normalized spacial score (nSPS) is 18.1. The summed E-state index contributed by atoms with van der Waals surface area (Å²) in [7, 11) is 0. The molecular weight excluding hydrogens is 270 g/mol. The van der Waals surface area contributed by atoms with Crippen molar-refractivity contribution in [2.75, 3.05) is 26.2 Å². The predicted octanol–water partition coefficient (Wildman–Crippen LogP) is 2.21. The Hall–Kier alpha value is -1.64. The molecule has 1 aliphatic rings. The molecule has 1 aromatic heterocycles. The highest BCUT2D eigenvalue weighted by Crippen LogP contribution is 2.12. The first-order chi connectivity index (χ1) is 9.70. The van der Waals surface area contributed by atoms with Crippen LogP contribution in [0.25, 0.3) is 6.08 Å². The Morgan fingerprint density at radius 2 is 2.25 bits per heavy atom. The van der Waals surface area contributed by atoms with E-state index in [9.17, 15) is 4.79 Å². The van der Waals surface area contributed by atoms with E-state index in [0.717, 1.165) is 31.1 Å². The summed E-state index contributed by atoms with van der Waals surface area (Å²) in [6, 6.07) is 6.45. The van der Waals surface area contributed by atoms with Gasteiger partial charge in [0.15, 0.2) is 0 Å². The molecule has 1 aromatic rings. The lowest BCUT2D eigenvalue weighted by atomic mass is 10.2. The minimum absolute atomic E-state index is 0.0750. The maximum absolute atomic E-state index is 12.1. The van der Waals surface area contributed by atoms with Crippen molar-refractivity contribution in [3.05, 3.63) is 28.5 Å². The molecule has 0 radical (unpaired) electrons. The van der Waals surface area contributed by atoms with Crippen LogP contribution in [0.3, 0.4) is 0 Å². The Morgan fingerprint density at radius 1 is 1.50 bits per heavy atom. The van der Waals surface area contributed by atoms with Crippen molar-refractivity contribution in [3.63, 3.8) is 0 Å². The molecule has 1 unspecified atom stereocenters. The first-order valence-corrected chi connectivity index (χ1v) is 7.70. The van der Waals surface area contributed by atoms with Gasteiger partial charge in [0.1, 0.15) is 0 Å². The van der Waals surface area contributed by atoms with Crippen molar-refractivity contribution in [2.24, 2.45) is 0 Å². The summed E-state index contributed by atoms with van der Waals surface area (Å²) in [4.78, 5) is 17.3. The maximum atomic E-state index is 12.1. The van der Waals surface area contributed by atoms with Crippen LogP contribution in [0.2, 0.25) is 0 Å². The first kappa shape index (κ1) is 14.8. The Kier molecular flexibility index (Phi) is 5.33. The fourth-order valence-electron chi connectivity index (χ4n) is 2.29. The highest BCUT2D eigenvalue weighted by atomic mass is 32.1. The number of amides is 1. The summed E-state index contributed by atoms with van der Waals surface area (Å²) in [5.41, 5.74) is 0. The lowest BCUT2D eigenvalue weighted by Gasteiger charge is -2.37. The van der Waals surface area contributed by atoms with Crippen molar-refractivity contribution >= 4 is 23.3 Å². The zero-order chi connectivity index (χ0) is 14.4. The number of rotatable bonds is 4. The molecule has 5 heteroatoms. The van der Waals surface area contributed by atoms with E-state index >= 15 is 0 Å². The third-order valence-electron chi connectivity index (χ3n) is 3.57. The van der Waals surface area contributed by atoms with Gasteiger partial charge in [-0.1, -0.05) is 6.07 Å². The van der Waals surface area contributed by atoms with Crippen LogP contribution >= 0.6 is 11.3 Å². The molecule has 2 rings (SSSR count). The summed E-state index contributed by atoms with van der Waals surface area (Å²) < 4.78 is 0. The van der Waals surface area contributed by atoms with Gasteiger partial charge in [-0.15, -0.1) is 11.3 Å². The predicted molar refractivity (Wildman–Crippen MR) is 81.2 cm³/mol. The molecule has 0 aromatic carbocycles. The number of carbonyl (C=O) groups is 1. The minimum atomic E-state index is 0.0750. The van der Waals surface area contributed by atoms with Gasteiger partial charge in [-0.05, 0) is 24.4 Å². The Balaban J connectivity index is 1.81. The number of piperazine rings is 1. The molecule has 2 heterocycles. The van der Waals surface area contributed by atoms with E-state index in [1.54, 1.807) is 17.4 Å². The molecule has 106 valence electrons. The van der Waals surface area contributed by atoms with Crippen molar-refractivity contribution in [1.29, 1.82) is 5.26 Å². The van der Waals surface area contributed by atoms with Crippen LogP contribution in [-0.4, -0.2) is 47.9 Å². The van der Waals surface area contributed by atoms with Gasteiger partial charge in [0.2, 0.25) is 5.91 Å². The monoisotopic (exact) mass is 289 g/mol. The quantitative estimate of drug-likeness (QED) is 0.798. The number of carbonyl (C=O) groups excluding carboxylic acids is 1. The molecule has 1 saturated heterocycles. The fourth-order valence-corrected chi connectivity index (χ4v) is 2.91. The molecule has 0 aliphatic carbocycles. The van der Waals surface area contributed by atoms with Crippen LogP contribution < -0.4 is 0 Å². The summed E-state index contributed by atoms with van der Waals surface area (Å²) in [5, 5.41) is 10.7. The van der Waals surface area contributed by atoms with E-state index in [-0.39, 0.29) is 11.9 Å². The molecule has 1 aliphatic heterocycles. The lowest BCUT2D eigenvalue weighted by molar-refractivity contribution is -0.127. The van der Waals surface area contributed by atoms with Gasteiger partial charge in [-0.3, -0.25) is 9.69 Å². The second-order valence-electron chi connectivity index (χ2n) is 4.92. The second kappa shape index (κ2) is 7.22. The van der Waals surface area contributed by atoms with Crippen LogP contribution in [0.5, 0.6) is 0 Å². The Labute approximate surface area is 123 Å². The maximum Gasteiger partial charge on any atom is 0.246 e. The summed E-state index contributed by atoms with van der Waals surface area (Å²) in [5.74, 6) is 0.0750. The topological polar surface area (TPSA) is 47.3 Å². The lowest BCUT2D eigenvalue weighted by Crippen LogP contribution is -2.50. The van der Waals surface area contributed by atoms with Crippen LogP contribution in [0.4, 0.5) is 0 Å². The van der Waals surface area contributed by atoms with Crippen LogP contribution in [0.1, 0.15) is 18.2 Å². The fraction of sp³-hybridized carbons (Fsp3) is 0.467. The zero-order valence-electron chi connectivity index (χ0n) is 11.7. The molecule has 0 spiro atoms. The van der Waals surface area contributed by atoms with Crippen molar-refractivity contribution in [3.8, 4) is 6.07 Å². The summed E-state index contributed by atoms with van der Waals surface area (Å²) in [6.07, 6.45) is 4.07. The molecule has 20 heavy (non-hydrogen) atoms. The standard InChI is InChI=1S/C15H19N3OS/c1-13(6-7-16)17-8-10-18(11-9-17)15(19)5-4-14-3-2-12-20-14/h2-5,12-13H,6,8-11H2,1H3/b5-4+. The molecule has 0 N–H and O–H groups in total. The first-order valence-electron chi connectivity index (χ1n) is 6.82. The molecule has 4 nitrogen and oxygen atoms in total. The van der Waals surface area contributed by atoms with E-state index in [2.05, 4.69) is 17.9 Å². The Morgan fingerprint density at radius 3 is 2.85 bits per heavy atom. The number of hydrogen-bond acceptors (Lipinski definition) is 4. The van der Waals surface area contributed by atoms with Crippen LogP contribution in [0, 0.1) is 11.3 Å². The van der Waals surface area contributed by atoms with E-state index in [1.165, 1.54) is 0 Å². The highest BCUT2D eigenvalue weighted by molar-refractivity contribution is 7.10. The number of nitrogens with zero attached hydrogens (tertiary/aromatic N) is 3. The molecule has 1 atom stereocenters. The number of hydrogen-bond donors (Lipinski definition) is 0. The van der Waals surface area contributed by atoms with E-state index < -0.39 is 0 Å². The van der Waals surface area contributed by atoms with E-state index in [4.69, 9.17) is 5.26 Å². The van der Waals surface area contributed by atoms with Crippen molar-refractivity contribution in [1.82, 2.24) is 9.80 Å². The third kappa shape index (κ3) is 3.92. The van der Waals surface area contributed by atoms with Gasteiger partial charge in [0.05, 0.1) is 12.5 Å². The largest absolute Gasteiger partial charge is 0.337 e. The molecule has 0 saturated carbocycles. The highest BCUT2D eigenvalue weighted by Gasteiger charge is 2.22. The van der Waals surface area contributed by atoms with Gasteiger partial charge in [0.25, 0.3) is 0 Å². The third-order valence-corrected chi connectivity index (χ3v) is 4.41. The average molecular weight is 289 g/mol. The van der Waals surface area contributed by atoms with Gasteiger partial charge in [-0.25, -0.2) is 0 Å². The summed E-state index contributed by atoms with van der Waals surface area (Å²) in [6.45, 7) is 5.24. The molecule has 1 fully saturated rings. The van der Waals surface area contributed by atoms with Crippen LogP contribution in [-0.2, 0) is 4.79 Å². The van der Waals surface area contributed by atoms with E-state index in [1.807, 2.05) is 28.5 Å². The SMILES string of the molecule is CC(CC#N)N1CCN(C(=O)/C=C/c2cccs2)CC1. The van der Waals surface area contributed by atoms with E-state index in [0.29, 0.717) is 6.42 Å². The average Bonchev–Trinajstić information content (AvgIpc) is 2.98. The van der Waals surface area contributed by atoms with Crippen molar-refractivity contribution < 1.29 is 4.79 Å². The van der Waals surface area contributed by atoms with Gasteiger partial charge in [-0.2, -0.15) is 5.26 Å². The smallest absolute Gasteiger partial charge is 0.246 e. The Bertz CT molecular complexity index is 496. The number of nitriles is 1. The zero-order valence-corrected chi connectivity index (χ0v) is 12.5. The molecule has 0 bridgehead atoms.